The monoisotopic (exact) mass is 169 g/mol. The van der Waals surface area contributed by atoms with E-state index in [-0.39, 0.29) is 0 Å². The van der Waals surface area contributed by atoms with Gasteiger partial charge in [0.05, 0.1) is 21.3 Å². The number of hydrogen-bond donors (Lipinski definition) is 0. The van der Waals surface area contributed by atoms with Gasteiger partial charge in [-0.3, -0.25) is 0 Å². The van der Waals surface area contributed by atoms with Crippen LogP contribution in [0.3, 0.4) is 0 Å². The van der Waals surface area contributed by atoms with Crippen molar-refractivity contribution in [2.24, 2.45) is 0 Å². The van der Waals surface area contributed by atoms with Crippen molar-refractivity contribution in [3.8, 4) is 0 Å². The number of allylic oxidation sites excluding steroid dienone is 2. The molecule has 0 N–H and O–H groups in total. The Morgan fingerprint density at radius 1 is 1.08 bits per heavy atom. The van der Waals surface area contributed by atoms with Crippen LogP contribution in [0, 0.1) is 6.42 Å². The van der Waals surface area contributed by atoms with Crippen LogP contribution in [0.25, 0.3) is 0 Å². The first-order valence-electron chi connectivity index (χ1n) is 3.72. The van der Waals surface area contributed by atoms with E-state index in [1.807, 2.05) is 12.5 Å². The van der Waals surface area contributed by atoms with Crippen LogP contribution in [0.2, 0.25) is 0 Å². The fourth-order valence-electron chi connectivity index (χ4n) is 1.13. The normalized spacial score (nSPS) is 17.1. The van der Waals surface area contributed by atoms with E-state index in [0.717, 1.165) is 12.2 Å². The average molecular weight is 169 g/mol. The Kier molecular flexibility index (Phi) is 3.02. The molecule has 0 fully saturated rings. The maximum absolute atomic E-state index is 5.14. The molecular formula is C9H13O3. The van der Waals surface area contributed by atoms with Gasteiger partial charge in [-0.15, -0.1) is 0 Å². The molecular weight excluding hydrogens is 156 g/mol. The van der Waals surface area contributed by atoms with Crippen molar-refractivity contribution in [1.29, 1.82) is 0 Å². The summed E-state index contributed by atoms with van der Waals surface area (Å²) < 4.78 is 15.4. The molecule has 1 radical (unpaired) electrons. The van der Waals surface area contributed by atoms with Crippen molar-refractivity contribution in [2.75, 3.05) is 21.3 Å². The molecule has 12 heavy (non-hydrogen) atoms. The third kappa shape index (κ3) is 1.55. The minimum atomic E-state index is 0.683. The molecule has 0 atom stereocenters. The van der Waals surface area contributed by atoms with Gasteiger partial charge in [0, 0.05) is 6.42 Å². The van der Waals surface area contributed by atoms with Gasteiger partial charge in [0.25, 0.3) is 0 Å². The van der Waals surface area contributed by atoms with E-state index in [1.165, 1.54) is 0 Å². The smallest absolute Gasteiger partial charge is 0.198 e. The second kappa shape index (κ2) is 4.04. The quantitative estimate of drug-likeness (QED) is 0.642. The van der Waals surface area contributed by atoms with Crippen molar-refractivity contribution < 1.29 is 14.2 Å². The Labute approximate surface area is 72.6 Å². The zero-order chi connectivity index (χ0) is 8.97. The van der Waals surface area contributed by atoms with Crippen LogP contribution in [0.1, 0.15) is 6.42 Å². The lowest BCUT2D eigenvalue weighted by molar-refractivity contribution is 0.178. The molecule has 0 aromatic heterocycles. The Balaban J connectivity index is 2.89. The molecule has 0 spiro atoms. The van der Waals surface area contributed by atoms with Crippen LogP contribution in [0.15, 0.2) is 23.4 Å². The van der Waals surface area contributed by atoms with Crippen molar-refractivity contribution in [3.05, 3.63) is 29.8 Å². The van der Waals surface area contributed by atoms with Gasteiger partial charge >= 0.3 is 0 Å². The molecule has 1 rings (SSSR count). The molecule has 0 bridgehead atoms. The summed E-state index contributed by atoms with van der Waals surface area (Å²) in [5, 5.41) is 0. The van der Waals surface area contributed by atoms with Crippen LogP contribution < -0.4 is 0 Å². The molecule has 3 nitrogen and oxygen atoms in total. The highest BCUT2D eigenvalue weighted by Gasteiger charge is 2.17. The van der Waals surface area contributed by atoms with E-state index >= 15 is 0 Å². The zero-order valence-electron chi connectivity index (χ0n) is 7.59. The Morgan fingerprint density at radius 2 is 1.83 bits per heavy atom. The molecule has 0 aromatic rings. The van der Waals surface area contributed by atoms with Gasteiger partial charge in [0.1, 0.15) is 5.76 Å². The molecule has 0 aliphatic heterocycles. The van der Waals surface area contributed by atoms with Crippen molar-refractivity contribution in [3.63, 3.8) is 0 Å². The lowest BCUT2D eigenvalue weighted by Crippen LogP contribution is -2.06. The summed E-state index contributed by atoms with van der Waals surface area (Å²) in [6.45, 7) is 0. The van der Waals surface area contributed by atoms with Crippen LogP contribution in [0.4, 0.5) is 0 Å². The molecule has 0 aromatic carbocycles. The molecule has 0 saturated heterocycles. The van der Waals surface area contributed by atoms with Gasteiger partial charge in [-0.25, -0.2) is 0 Å². The molecule has 1 aliphatic rings. The van der Waals surface area contributed by atoms with E-state index in [4.69, 9.17) is 14.2 Å². The lowest BCUT2D eigenvalue weighted by Gasteiger charge is -2.18. The van der Waals surface area contributed by atoms with Crippen LogP contribution in [-0.4, -0.2) is 21.3 Å². The minimum Gasteiger partial charge on any atom is -0.497 e. The molecule has 1 aliphatic carbocycles. The fourth-order valence-corrected chi connectivity index (χ4v) is 1.13. The summed E-state index contributed by atoms with van der Waals surface area (Å²) in [5.41, 5.74) is 0. The third-order valence-corrected chi connectivity index (χ3v) is 1.72. The van der Waals surface area contributed by atoms with Crippen LogP contribution >= 0.6 is 0 Å². The Morgan fingerprint density at radius 3 is 2.33 bits per heavy atom. The van der Waals surface area contributed by atoms with Crippen molar-refractivity contribution in [2.45, 2.75) is 6.42 Å². The van der Waals surface area contributed by atoms with Gasteiger partial charge in [0.15, 0.2) is 11.5 Å². The fraction of sp³-hybridized carbons (Fsp3) is 0.444. The van der Waals surface area contributed by atoms with Gasteiger partial charge in [-0.1, -0.05) is 0 Å². The molecule has 0 amide bonds. The van der Waals surface area contributed by atoms with Crippen molar-refractivity contribution in [1.82, 2.24) is 0 Å². The first-order chi connectivity index (χ1) is 5.83. The van der Waals surface area contributed by atoms with E-state index in [1.54, 1.807) is 21.3 Å². The van der Waals surface area contributed by atoms with E-state index < -0.39 is 0 Å². The summed E-state index contributed by atoms with van der Waals surface area (Å²) in [7, 11) is 4.84. The highest BCUT2D eigenvalue weighted by Crippen LogP contribution is 2.25. The number of hydrogen-bond acceptors (Lipinski definition) is 3. The number of methoxy groups -OCH3 is 3. The van der Waals surface area contributed by atoms with Crippen LogP contribution in [0.5, 0.6) is 0 Å². The number of rotatable bonds is 3. The maximum Gasteiger partial charge on any atom is 0.198 e. The average Bonchev–Trinajstić information content (AvgIpc) is 2.16. The molecule has 0 heterocycles. The van der Waals surface area contributed by atoms with E-state index in [9.17, 15) is 0 Å². The molecule has 3 heteroatoms. The summed E-state index contributed by atoms with van der Waals surface area (Å²) in [6.07, 6.45) is 4.61. The van der Waals surface area contributed by atoms with E-state index in [0.29, 0.717) is 11.5 Å². The second-order valence-electron chi connectivity index (χ2n) is 2.34. The summed E-state index contributed by atoms with van der Waals surface area (Å²) in [4.78, 5) is 0. The molecule has 67 valence electrons. The Bertz CT molecular complexity index is 216. The standard InChI is InChI=1S/C9H13O3/c1-10-7-5-4-6-8(11-2)9(7)12-3/h4-5H,6H2,1-3H3. The summed E-state index contributed by atoms with van der Waals surface area (Å²) in [5.74, 6) is 2.19. The summed E-state index contributed by atoms with van der Waals surface area (Å²) in [6, 6.07) is 0. The highest BCUT2D eigenvalue weighted by atomic mass is 16.5. The van der Waals surface area contributed by atoms with E-state index in [2.05, 4.69) is 0 Å². The predicted molar refractivity (Wildman–Crippen MR) is 45.1 cm³/mol. The van der Waals surface area contributed by atoms with Gasteiger partial charge in [-0.05, 0) is 12.5 Å². The topological polar surface area (TPSA) is 27.7 Å². The zero-order valence-corrected chi connectivity index (χ0v) is 7.59. The first kappa shape index (κ1) is 8.97. The molecule has 0 saturated carbocycles. The SMILES string of the molecule is COC1=C[CH]CC(OC)=C1OC. The highest BCUT2D eigenvalue weighted by molar-refractivity contribution is 5.31. The van der Waals surface area contributed by atoms with Gasteiger partial charge in [-0.2, -0.15) is 0 Å². The molecule has 0 unspecified atom stereocenters. The third-order valence-electron chi connectivity index (χ3n) is 1.72. The largest absolute Gasteiger partial charge is 0.497 e. The number of ether oxygens (including phenoxy) is 3. The van der Waals surface area contributed by atoms with Crippen LogP contribution in [-0.2, 0) is 14.2 Å². The predicted octanol–water partition coefficient (Wildman–Crippen LogP) is 1.63. The van der Waals surface area contributed by atoms with Gasteiger partial charge in [0.2, 0.25) is 0 Å². The minimum absolute atomic E-state index is 0.683. The maximum atomic E-state index is 5.14. The lowest BCUT2D eigenvalue weighted by atomic mass is 10.1. The Hall–Kier alpha value is -1.12. The van der Waals surface area contributed by atoms with Gasteiger partial charge < -0.3 is 14.2 Å². The van der Waals surface area contributed by atoms with Crippen molar-refractivity contribution >= 4 is 0 Å². The second-order valence-corrected chi connectivity index (χ2v) is 2.34. The summed E-state index contributed by atoms with van der Waals surface area (Å²) >= 11 is 0. The first-order valence-corrected chi connectivity index (χ1v) is 3.72.